The van der Waals surface area contributed by atoms with E-state index >= 15 is 0 Å². The third-order valence-corrected chi connectivity index (χ3v) is 3.31. The highest BCUT2D eigenvalue weighted by molar-refractivity contribution is 5.95. The largest absolute Gasteiger partial charge is 0.391 e. The molecule has 5 nitrogen and oxygen atoms in total. The van der Waals surface area contributed by atoms with Gasteiger partial charge in [0, 0.05) is 13.1 Å². The van der Waals surface area contributed by atoms with Crippen LogP contribution in [0.25, 0.3) is 0 Å². The zero-order valence-corrected chi connectivity index (χ0v) is 13.9. The highest BCUT2D eigenvalue weighted by Crippen LogP contribution is 2.12. The maximum atomic E-state index is 12.2. The van der Waals surface area contributed by atoms with Crippen molar-refractivity contribution >= 4 is 5.91 Å². The second-order valence-corrected chi connectivity index (χ2v) is 6.43. The van der Waals surface area contributed by atoms with Crippen molar-refractivity contribution in [2.24, 2.45) is 11.8 Å². The van der Waals surface area contributed by atoms with Crippen LogP contribution in [0.3, 0.4) is 0 Å². The molecule has 2 N–H and O–H groups in total. The third kappa shape index (κ3) is 5.50. The van der Waals surface area contributed by atoms with E-state index in [9.17, 15) is 9.90 Å². The number of amides is 1. The molecule has 1 atom stereocenters. The fraction of sp³-hybridized carbons (Fsp3) is 0.750. The molecule has 0 aliphatic rings. The maximum absolute atomic E-state index is 12.2. The minimum atomic E-state index is -0.496. The van der Waals surface area contributed by atoms with Crippen molar-refractivity contribution in [1.29, 1.82) is 0 Å². The van der Waals surface area contributed by atoms with Crippen LogP contribution in [0.5, 0.6) is 0 Å². The van der Waals surface area contributed by atoms with E-state index in [1.165, 1.54) is 0 Å². The Morgan fingerprint density at radius 3 is 2.52 bits per heavy atom. The maximum Gasteiger partial charge on any atom is 0.254 e. The van der Waals surface area contributed by atoms with Crippen LogP contribution in [-0.2, 0) is 13.0 Å². The van der Waals surface area contributed by atoms with Crippen LogP contribution in [0.2, 0.25) is 0 Å². The molecular formula is C16H29N3O2. The molecule has 0 radical (unpaired) electrons. The summed E-state index contributed by atoms with van der Waals surface area (Å²) in [6, 6.07) is 0. The van der Waals surface area contributed by atoms with Gasteiger partial charge in [0.15, 0.2) is 0 Å². The van der Waals surface area contributed by atoms with Crippen LogP contribution < -0.4 is 5.32 Å². The number of hydrogen-bond donors (Lipinski definition) is 2. The molecule has 0 fully saturated rings. The summed E-state index contributed by atoms with van der Waals surface area (Å²) in [5.41, 5.74) is 1.58. The molecule has 120 valence electrons. The summed E-state index contributed by atoms with van der Waals surface area (Å²) in [4.78, 5) is 12.2. The van der Waals surface area contributed by atoms with E-state index in [1.54, 1.807) is 6.20 Å². The molecule has 0 aliphatic heterocycles. The fourth-order valence-electron chi connectivity index (χ4n) is 2.41. The predicted octanol–water partition coefficient (Wildman–Crippen LogP) is 2.24. The molecule has 0 saturated carbocycles. The summed E-state index contributed by atoms with van der Waals surface area (Å²) in [6.07, 6.45) is 2.59. The van der Waals surface area contributed by atoms with E-state index in [0.717, 1.165) is 18.7 Å². The van der Waals surface area contributed by atoms with Gasteiger partial charge >= 0.3 is 0 Å². The van der Waals surface area contributed by atoms with Crippen molar-refractivity contribution in [3.05, 3.63) is 17.5 Å². The normalized spacial score (nSPS) is 13.0. The lowest BCUT2D eigenvalue weighted by Crippen LogP contribution is -2.33. The average molecular weight is 295 g/mol. The molecule has 1 aromatic heterocycles. The van der Waals surface area contributed by atoms with Gasteiger partial charge in [-0.25, -0.2) is 0 Å². The first-order chi connectivity index (χ1) is 9.85. The number of carbonyl (C=O) groups is 1. The van der Waals surface area contributed by atoms with Crippen LogP contribution in [0.1, 0.15) is 57.1 Å². The smallest absolute Gasteiger partial charge is 0.254 e. The fourth-order valence-corrected chi connectivity index (χ4v) is 2.41. The molecule has 0 aromatic carbocycles. The van der Waals surface area contributed by atoms with Gasteiger partial charge in [-0.05, 0) is 24.7 Å². The molecule has 5 heteroatoms. The number of carbonyl (C=O) groups excluding carboxylic acids is 1. The first kappa shape index (κ1) is 17.7. The molecule has 0 saturated heterocycles. The summed E-state index contributed by atoms with van der Waals surface area (Å²) < 4.78 is 1.91. The molecule has 1 unspecified atom stereocenters. The van der Waals surface area contributed by atoms with Gasteiger partial charge in [0.1, 0.15) is 0 Å². The highest BCUT2D eigenvalue weighted by atomic mass is 16.3. The monoisotopic (exact) mass is 295 g/mol. The van der Waals surface area contributed by atoms with Gasteiger partial charge in [-0.15, -0.1) is 0 Å². The van der Waals surface area contributed by atoms with Crippen LogP contribution in [0, 0.1) is 11.8 Å². The van der Waals surface area contributed by atoms with Gasteiger partial charge in [-0.3, -0.25) is 9.48 Å². The molecule has 1 heterocycles. The van der Waals surface area contributed by atoms with Crippen molar-refractivity contribution in [2.45, 2.75) is 60.1 Å². The topological polar surface area (TPSA) is 67.2 Å². The SMILES string of the molecule is CCc1c(C(=O)NCC(O)CC(C)C)cnn1CC(C)C. The Hall–Kier alpha value is -1.36. The van der Waals surface area contributed by atoms with Crippen molar-refractivity contribution in [1.82, 2.24) is 15.1 Å². The lowest BCUT2D eigenvalue weighted by Gasteiger charge is -2.14. The Kier molecular flexibility index (Phi) is 6.89. The number of aromatic nitrogens is 2. The molecule has 1 rings (SSSR count). The standard InChI is InChI=1S/C16H29N3O2/c1-6-15-14(9-18-19(15)10-12(4)5)16(21)17-8-13(20)7-11(2)3/h9,11-13,20H,6-8,10H2,1-5H3,(H,17,21). The predicted molar refractivity (Wildman–Crippen MR) is 84.2 cm³/mol. The van der Waals surface area contributed by atoms with Gasteiger partial charge in [0.05, 0.1) is 23.6 Å². The summed E-state index contributed by atoms with van der Waals surface area (Å²) >= 11 is 0. The Bertz CT molecular complexity index is 452. The van der Waals surface area contributed by atoms with Crippen LogP contribution >= 0.6 is 0 Å². The van der Waals surface area contributed by atoms with Gasteiger partial charge in [0.25, 0.3) is 5.91 Å². The summed E-state index contributed by atoms with van der Waals surface area (Å²) in [6.45, 7) is 11.5. The lowest BCUT2D eigenvalue weighted by atomic mass is 10.1. The van der Waals surface area contributed by atoms with Crippen LogP contribution in [0.4, 0.5) is 0 Å². The molecule has 1 aromatic rings. The second-order valence-electron chi connectivity index (χ2n) is 6.43. The van der Waals surface area contributed by atoms with Crippen LogP contribution in [0.15, 0.2) is 6.20 Å². The van der Waals surface area contributed by atoms with Gasteiger partial charge in [-0.1, -0.05) is 34.6 Å². The lowest BCUT2D eigenvalue weighted by molar-refractivity contribution is 0.0899. The minimum Gasteiger partial charge on any atom is -0.391 e. The highest BCUT2D eigenvalue weighted by Gasteiger charge is 2.17. The third-order valence-electron chi connectivity index (χ3n) is 3.31. The van der Waals surface area contributed by atoms with E-state index in [4.69, 9.17) is 0 Å². The van der Waals surface area contributed by atoms with Crippen molar-refractivity contribution in [2.75, 3.05) is 6.54 Å². The molecule has 0 aliphatic carbocycles. The first-order valence-corrected chi connectivity index (χ1v) is 7.86. The number of nitrogens with one attached hydrogen (secondary N) is 1. The van der Waals surface area contributed by atoms with Gasteiger partial charge in [-0.2, -0.15) is 5.10 Å². The average Bonchev–Trinajstić information content (AvgIpc) is 2.77. The summed E-state index contributed by atoms with van der Waals surface area (Å²) in [5, 5.41) is 17.0. The van der Waals surface area contributed by atoms with Crippen molar-refractivity contribution in [3.8, 4) is 0 Å². The van der Waals surface area contributed by atoms with Gasteiger partial charge in [0.2, 0.25) is 0 Å². The molecule has 0 spiro atoms. The van der Waals surface area contributed by atoms with E-state index < -0.39 is 6.10 Å². The van der Waals surface area contributed by atoms with Crippen molar-refractivity contribution < 1.29 is 9.90 Å². The minimum absolute atomic E-state index is 0.148. The van der Waals surface area contributed by atoms with Gasteiger partial charge < -0.3 is 10.4 Å². The number of aliphatic hydroxyl groups excluding tert-OH is 1. The Labute approximate surface area is 127 Å². The van der Waals surface area contributed by atoms with E-state index in [0.29, 0.717) is 23.8 Å². The molecule has 21 heavy (non-hydrogen) atoms. The van der Waals surface area contributed by atoms with E-state index in [2.05, 4.69) is 38.1 Å². The number of nitrogens with zero attached hydrogens (tertiary/aromatic N) is 2. The molecule has 1 amide bonds. The summed E-state index contributed by atoms with van der Waals surface area (Å²) in [7, 11) is 0. The zero-order chi connectivity index (χ0) is 16.0. The van der Waals surface area contributed by atoms with E-state index in [1.807, 2.05) is 11.6 Å². The number of aliphatic hydroxyl groups is 1. The quantitative estimate of drug-likeness (QED) is 0.773. The summed E-state index contributed by atoms with van der Waals surface area (Å²) in [5.74, 6) is 0.750. The number of hydrogen-bond acceptors (Lipinski definition) is 3. The Morgan fingerprint density at radius 1 is 1.33 bits per heavy atom. The Morgan fingerprint density at radius 2 is 2.00 bits per heavy atom. The first-order valence-electron chi connectivity index (χ1n) is 7.86. The molecule has 0 bridgehead atoms. The molecular weight excluding hydrogens is 266 g/mol. The van der Waals surface area contributed by atoms with Crippen LogP contribution in [-0.4, -0.2) is 33.4 Å². The second kappa shape index (κ2) is 8.17. The van der Waals surface area contributed by atoms with E-state index in [-0.39, 0.29) is 12.5 Å². The van der Waals surface area contributed by atoms with Crippen molar-refractivity contribution in [3.63, 3.8) is 0 Å². The number of rotatable bonds is 8. The Balaban J connectivity index is 2.67. The zero-order valence-electron chi connectivity index (χ0n) is 13.9.